The zero-order valence-electron chi connectivity index (χ0n) is 11.5. The van der Waals surface area contributed by atoms with E-state index in [0.29, 0.717) is 11.8 Å². The fraction of sp³-hybridized carbons (Fsp3) is 0.438. The van der Waals surface area contributed by atoms with Gasteiger partial charge in [0.25, 0.3) is 0 Å². The first-order chi connectivity index (χ1) is 8.70. The third kappa shape index (κ3) is 3.00. The molecule has 0 N–H and O–H groups in total. The van der Waals surface area contributed by atoms with E-state index < -0.39 is 0 Å². The van der Waals surface area contributed by atoms with Crippen molar-refractivity contribution in [3.05, 3.63) is 53.9 Å². The Morgan fingerprint density at radius 3 is 2.50 bits per heavy atom. The molecule has 1 aromatic carbocycles. The van der Waals surface area contributed by atoms with Crippen molar-refractivity contribution in [1.82, 2.24) is 9.78 Å². The molecule has 2 heteroatoms. The second-order valence-corrected chi connectivity index (χ2v) is 5.22. The molecule has 1 unspecified atom stereocenters. The highest BCUT2D eigenvalue weighted by Crippen LogP contribution is 2.27. The Morgan fingerprint density at radius 2 is 1.89 bits per heavy atom. The van der Waals surface area contributed by atoms with Gasteiger partial charge < -0.3 is 0 Å². The zero-order chi connectivity index (χ0) is 13.0. The Balaban J connectivity index is 2.11. The summed E-state index contributed by atoms with van der Waals surface area (Å²) in [5.74, 6) is 1.29. The van der Waals surface area contributed by atoms with Crippen molar-refractivity contribution in [1.29, 1.82) is 0 Å². The van der Waals surface area contributed by atoms with Gasteiger partial charge in [0.1, 0.15) is 0 Å². The average molecular weight is 242 g/mol. The largest absolute Gasteiger partial charge is 0.268 e. The Labute approximate surface area is 110 Å². The number of hydrogen-bond donors (Lipinski definition) is 0. The van der Waals surface area contributed by atoms with Crippen LogP contribution in [0.25, 0.3) is 0 Å². The van der Waals surface area contributed by atoms with Gasteiger partial charge in [-0.25, -0.2) is 0 Å². The van der Waals surface area contributed by atoms with Crippen molar-refractivity contribution in [3.63, 3.8) is 0 Å². The molecule has 1 heterocycles. The highest BCUT2D eigenvalue weighted by Gasteiger charge is 2.15. The van der Waals surface area contributed by atoms with Crippen LogP contribution in [0, 0.1) is 5.92 Å². The number of rotatable bonds is 5. The second kappa shape index (κ2) is 5.85. The molecule has 2 rings (SSSR count). The summed E-state index contributed by atoms with van der Waals surface area (Å²) in [7, 11) is 0. The van der Waals surface area contributed by atoms with Gasteiger partial charge in [-0.3, -0.25) is 4.68 Å². The first kappa shape index (κ1) is 12.9. The van der Waals surface area contributed by atoms with E-state index in [-0.39, 0.29) is 0 Å². The molecule has 96 valence electrons. The summed E-state index contributed by atoms with van der Waals surface area (Å²) in [4.78, 5) is 0. The van der Waals surface area contributed by atoms with Crippen LogP contribution in [-0.4, -0.2) is 9.78 Å². The van der Waals surface area contributed by atoms with Crippen LogP contribution in [0.5, 0.6) is 0 Å². The lowest BCUT2D eigenvalue weighted by Crippen LogP contribution is -2.04. The predicted octanol–water partition coefficient (Wildman–Crippen LogP) is 4.08. The maximum atomic E-state index is 4.48. The molecule has 1 atom stereocenters. The van der Waals surface area contributed by atoms with Crippen molar-refractivity contribution in [2.75, 3.05) is 0 Å². The van der Waals surface area contributed by atoms with Crippen LogP contribution in [0.3, 0.4) is 0 Å². The van der Waals surface area contributed by atoms with E-state index in [1.807, 2.05) is 16.9 Å². The smallest absolute Gasteiger partial charge is 0.0659 e. The molecule has 0 aliphatic rings. The number of benzene rings is 1. The highest BCUT2D eigenvalue weighted by molar-refractivity contribution is 5.17. The predicted molar refractivity (Wildman–Crippen MR) is 75.6 cm³/mol. The van der Waals surface area contributed by atoms with Crippen molar-refractivity contribution >= 4 is 0 Å². The molecule has 0 saturated heterocycles. The zero-order valence-corrected chi connectivity index (χ0v) is 11.5. The fourth-order valence-electron chi connectivity index (χ4n) is 2.52. The molecule has 0 amide bonds. The quantitative estimate of drug-likeness (QED) is 0.772. The van der Waals surface area contributed by atoms with Crippen LogP contribution in [-0.2, 0) is 6.54 Å². The van der Waals surface area contributed by atoms with Gasteiger partial charge in [0.15, 0.2) is 0 Å². The molecule has 2 nitrogen and oxygen atoms in total. The minimum atomic E-state index is 0.620. The molecule has 0 spiro atoms. The van der Waals surface area contributed by atoms with Gasteiger partial charge in [0.05, 0.1) is 12.7 Å². The number of hydrogen-bond acceptors (Lipinski definition) is 1. The van der Waals surface area contributed by atoms with Gasteiger partial charge >= 0.3 is 0 Å². The number of nitrogens with zero attached hydrogens (tertiary/aromatic N) is 2. The lowest BCUT2D eigenvalue weighted by molar-refractivity contribution is 0.484. The van der Waals surface area contributed by atoms with E-state index in [2.05, 4.69) is 56.3 Å². The summed E-state index contributed by atoms with van der Waals surface area (Å²) in [6.45, 7) is 7.67. The average Bonchev–Trinajstić information content (AvgIpc) is 2.79. The third-order valence-electron chi connectivity index (χ3n) is 3.51. The lowest BCUT2D eigenvalue weighted by Gasteiger charge is -2.16. The molecular weight excluding hydrogens is 220 g/mol. The minimum Gasteiger partial charge on any atom is -0.268 e. The van der Waals surface area contributed by atoms with Crippen LogP contribution in [0.15, 0.2) is 42.7 Å². The Hall–Kier alpha value is -1.57. The third-order valence-corrected chi connectivity index (χ3v) is 3.51. The Bertz CT molecular complexity index is 471. The van der Waals surface area contributed by atoms with Crippen molar-refractivity contribution in [2.45, 2.75) is 39.7 Å². The molecule has 0 fully saturated rings. The van der Waals surface area contributed by atoms with Gasteiger partial charge in [0, 0.05) is 6.20 Å². The van der Waals surface area contributed by atoms with E-state index in [0.717, 1.165) is 6.54 Å². The van der Waals surface area contributed by atoms with Crippen molar-refractivity contribution < 1.29 is 0 Å². The molecule has 0 aliphatic heterocycles. The van der Waals surface area contributed by atoms with Crippen LogP contribution in [0.2, 0.25) is 0 Å². The normalized spacial score (nSPS) is 12.9. The fourth-order valence-corrected chi connectivity index (χ4v) is 2.52. The molecule has 0 saturated carbocycles. The van der Waals surface area contributed by atoms with Gasteiger partial charge in [0.2, 0.25) is 0 Å². The molecule has 1 aromatic heterocycles. The van der Waals surface area contributed by atoms with Gasteiger partial charge in [-0.2, -0.15) is 5.10 Å². The topological polar surface area (TPSA) is 17.8 Å². The standard InChI is InChI=1S/C16H22N2/c1-4-16(13(2)3)15-10-17-18(12-15)11-14-8-6-5-7-9-14/h5-10,12-13,16H,4,11H2,1-3H3. The molecule has 18 heavy (non-hydrogen) atoms. The summed E-state index contributed by atoms with van der Waals surface area (Å²) < 4.78 is 2.04. The molecule has 2 aromatic rings. The summed E-state index contributed by atoms with van der Waals surface area (Å²) in [5.41, 5.74) is 2.66. The summed E-state index contributed by atoms with van der Waals surface area (Å²) >= 11 is 0. The van der Waals surface area contributed by atoms with Crippen LogP contribution in [0.4, 0.5) is 0 Å². The van der Waals surface area contributed by atoms with Gasteiger partial charge in [-0.1, -0.05) is 51.1 Å². The highest BCUT2D eigenvalue weighted by atomic mass is 15.3. The maximum Gasteiger partial charge on any atom is 0.0659 e. The summed E-state index contributed by atoms with van der Waals surface area (Å²) in [6.07, 6.45) is 5.40. The monoisotopic (exact) mass is 242 g/mol. The van der Waals surface area contributed by atoms with E-state index in [4.69, 9.17) is 0 Å². The van der Waals surface area contributed by atoms with Crippen molar-refractivity contribution in [2.24, 2.45) is 5.92 Å². The van der Waals surface area contributed by atoms with Crippen LogP contribution >= 0.6 is 0 Å². The van der Waals surface area contributed by atoms with Crippen LogP contribution in [0.1, 0.15) is 44.2 Å². The molecule has 0 bridgehead atoms. The Kier molecular flexibility index (Phi) is 4.19. The molecular formula is C16H22N2. The summed E-state index contributed by atoms with van der Waals surface area (Å²) in [5, 5.41) is 4.48. The van der Waals surface area contributed by atoms with Crippen LogP contribution < -0.4 is 0 Å². The van der Waals surface area contributed by atoms with E-state index >= 15 is 0 Å². The molecule has 0 aliphatic carbocycles. The van der Waals surface area contributed by atoms with Crippen molar-refractivity contribution in [3.8, 4) is 0 Å². The maximum absolute atomic E-state index is 4.48. The number of aromatic nitrogens is 2. The first-order valence-corrected chi connectivity index (χ1v) is 6.77. The first-order valence-electron chi connectivity index (χ1n) is 6.77. The van der Waals surface area contributed by atoms with Gasteiger partial charge in [-0.15, -0.1) is 0 Å². The summed E-state index contributed by atoms with van der Waals surface area (Å²) in [6, 6.07) is 10.5. The van der Waals surface area contributed by atoms with E-state index in [1.165, 1.54) is 17.5 Å². The molecule has 0 radical (unpaired) electrons. The van der Waals surface area contributed by atoms with E-state index in [1.54, 1.807) is 0 Å². The minimum absolute atomic E-state index is 0.620. The lowest BCUT2D eigenvalue weighted by atomic mass is 9.88. The SMILES string of the molecule is CCC(c1cnn(Cc2ccccc2)c1)C(C)C. The van der Waals surface area contributed by atoms with E-state index in [9.17, 15) is 0 Å². The Morgan fingerprint density at radius 1 is 1.17 bits per heavy atom. The van der Waals surface area contributed by atoms with Gasteiger partial charge in [-0.05, 0) is 29.4 Å². The second-order valence-electron chi connectivity index (χ2n) is 5.22.